The number of fused-ring (bicyclic) bond motifs is 1. The lowest BCUT2D eigenvalue weighted by atomic mass is 10.2. The van der Waals surface area contributed by atoms with Gasteiger partial charge in [0.2, 0.25) is 0 Å². The predicted molar refractivity (Wildman–Crippen MR) is 115 cm³/mol. The maximum absolute atomic E-state index is 6.09. The first-order valence-corrected chi connectivity index (χ1v) is 10.6. The van der Waals surface area contributed by atoms with E-state index in [9.17, 15) is 0 Å². The number of benzene rings is 1. The number of para-hydroxylation sites is 1. The Labute approximate surface area is 170 Å². The van der Waals surface area contributed by atoms with Crippen molar-refractivity contribution in [2.45, 2.75) is 46.7 Å². The van der Waals surface area contributed by atoms with E-state index in [2.05, 4.69) is 41.4 Å². The zero-order chi connectivity index (χ0) is 19.9. The number of thiazole rings is 1. The number of ether oxygens (including phenoxy) is 1. The first-order valence-electron chi connectivity index (χ1n) is 9.78. The minimum Gasteiger partial charge on any atom is -0.490 e. The molecule has 6 nitrogen and oxygen atoms in total. The Morgan fingerprint density at radius 3 is 2.89 bits per heavy atom. The van der Waals surface area contributed by atoms with E-state index in [0.717, 1.165) is 46.4 Å². The van der Waals surface area contributed by atoms with Crippen LogP contribution in [0, 0.1) is 0 Å². The molecule has 2 heterocycles. The lowest BCUT2D eigenvalue weighted by Crippen LogP contribution is -2.38. The van der Waals surface area contributed by atoms with Gasteiger partial charge in [-0.15, -0.1) is 11.3 Å². The molecule has 0 spiro atoms. The molecule has 0 bridgehead atoms. The lowest BCUT2D eigenvalue weighted by molar-refractivity contribution is 0.336. The summed E-state index contributed by atoms with van der Waals surface area (Å²) in [5.74, 6) is 2.36. The van der Waals surface area contributed by atoms with E-state index in [0.29, 0.717) is 13.2 Å². The van der Waals surface area contributed by atoms with Crippen LogP contribution in [0.1, 0.15) is 49.4 Å². The van der Waals surface area contributed by atoms with E-state index in [1.807, 2.05) is 37.4 Å². The Bertz CT molecular complexity index is 932. The third kappa shape index (κ3) is 4.84. The molecule has 0 radical (unpaired) electrons. The maximum atomic E-state index is 6.09. The van der Waals surface area contributed by atoms with Crippen molar-refractivity contribution in [3.05, 3.63) is 46.1 Å². The Balaban J connectivity index is 1.74. The molecule has 1 unspecified atom stereocenters. The van der Waals surface area contributed by atoms with Crippen LogP contribution in [-0.4, -0.2) is 24.1 Å². The number of aromatic nitrogens is 1. The summed E-state index contributed by atoms with van der Waals surface area (Å²) in [5, 5.41) is 8.76. The summed E-state index contributed by atoms with van der Waals surface area (Å²) in [4.78, 5) is 10.4. The van der Waals surface area contributed by atoms with Crippen LogP contribution < -0.4 is 15.4 Å². The van der Waals surface area contributed by atoms with E-state index < -0.39 is 0 Å². The topological polar surface area (TPSA) is 71.7 Å². The van der Waals surface area contributed by atoms with Crippen molar-refractivity contribution in [1.29, 1.82) is 0 Å². The number of nitrogens with zero attached hydrogens (tertiary/aromatic N) is 2. The van der Waals surface area contributed by atoms with Gasteiger partial charge in [-0.1, -0.05) is 19.1 Å². The van der Waals surface area contributed by atoms with Crippen LogP contribution in [0.25, 0.3) is 11.0 Å². The van der Waals surface area contributed by atoms with Gasteiger partial charge in [0.15, 0.2) is 17.3 Å². The minimum absolute atomic E-state index is 0.0397. The maximum Gasteiger partial charge on any atom is 0.192 e. The van der Waals surface area contributed by atoms with Crippen LogP contribution in [0.15, 0.2) is 39.9 Å². The first-order chi connectivity index (χ1) is 13.6. The minimum atomic E-state index is -0.0397. The van der Waals surface area contributed by atoms with Crippen molar-refractivity contribution in [2.75, 3.05) is 13.2 Å². The number of aryl methyl sites for hydroxylation is 1. The molecular weight excluding hydrogens is 372 g/mol. The summed E-state index contributed by atoms with van der Waals surface area (Å²) in [6, 6.07) is 7.95. The molecule has 0 saturated heterocycles. The standard InChI is InChI=1S/C21H28N4O2S/c1-5-16-12-23-19(28-16)13-24-21(22-6-2)25-14(4)18-11-15-9-8-10-17(26-7-3)20(15)27-18/h8-12,14H,5-7,13H2,1-4H3,(H2,22,24,25). The van der Waals surface area contributed by atoms with Crippen molar-refractivity contribution < 1.29 is 9.15 Å². The van der Waals surface area contributed by atoms with Gasteiger partial charge < -0.3 is 19.8 Å². The summed E-state index contributed by atoms with van der Waals surface area (Å²) < 4.78 is 11.8. The molecule has 1 aromatic carbocycles. The molecule has 0 aliphatic carbocycles. The van der Waals surface area contributed by atoms with Gasteiger partial charge >= 0.3 is 0 Å². The summed E-state index contributed by atoms with van der Waals surface area (Å²) in [6.07, 6.45) is 2.94. The zero-order valence-corrected chi connectivity index (χ0v) is 17.7. The molecule has 1 atom stereocenters. The Morgan fingerprint density at radius 1 is 1.32 bits per heavy atom. The number of hydrogen-bond acceptors (Lipinski definition) is 5. The van der Waals surface area contributed by atoms with Crippen LogP contribution in [0.3, 0.4) is 0 Å². The number of hydrogen-bond donors (Lipinski definition) is 2. The molecule has 0 saturated carbocycles. The fourth-order valence-electron chi connectivity index (χ4n) is 2.87. The highest BCUT2D eigenvalue weighted by Crippen LogP contribution is 2.31. The fourth-order valence-corrected chi connectivity index (χ4v) is 3.65. The molecule has 28 heavy (non-hydrogen) atoms. The summed E-state index contributed by atoms with van der Waals surface area (Å²) in [7, 11) is 0. The van der Waals surface area contributed by atoms with Gasteiger partial charge in [0.1, 0.15) is 10.8 Å². The van der Waals surface area contributed by atoms with Crippen molar-refractivity contribution >= 4 is 28.3 Å². The van der Waals surface area contributed by atoms with Gasteiger partial charge in [-0.2, -0.15) is 0 Å². The molecule has 7 heteroatoms. The number of rotatable bonds is 8. The molecule has 0 amide bonds. The molecule has 0 aliphatic rings. The molecule has 3 aromatic rings. The number of guanidine groups is 1. The molecule has 0 aliphatic heterocycles. The molecule has 0 fully saturated rings. The average molecular weight is 401 g/mol. The van der Waals surface area contributed by atoms with Crippen molar-refractivity contribution in [2.24, 2.45) is 4.99 Å². The fraction of sp³-hybridized carbons (Fsp3) is 0.429. The van der Waals surface area contributed by atoms with E-state index in [-0.39, 0.29) is 6.04 Å². The third-order valence-electron chi connectivity index (χ3n) is 4.27. The second kappa shape index (κ2) is 9.59. The molecule has 150 valence electrons. The largest absolute Gasteiger partial charge is 0.490 e. The number of aliphatic imine (C=N–C) groups is 1. The second-order valence-corrected chi connectivity index (χ2v) is 7.59. The first kappa shape index (κ1) is 20.2. The molecule has 2 aromatic heterocycles. The van der Waals surface area contributed by atoms with E-state index in [4.69, 9.17) is 9.15 Å². The van der Waals surface area contributed by atoms with Gasteiger partial charge in [0.05, 0.1) is 19.2 Å². The Kier molecular flexibility index (Phi) is 6.92. The number of nitrogens with one attached hydrogen (secondary N) is 2. The predicted octanol–water partition coefficient (Wildman–Crippen LogP) is 4.67. The van der Waals surface area contributed by atoms with Crippen molar-refractivity contribution in [3.63, 3.8) is 0 Å². The van der Waals surface area contributed by atoms with Crippen molar-refractivity contribution in [1.82, 2.24) is 15.6 Å². The smallest absolute Gasteiger partial charge is 0.192 e. The van der Waals surface area contributed by atoms with Gasteiger partial charge in [-0.25, -0.2) is 9.98 Å². The quantitative estimate of drug-likeness (QED) is 0.425. The highest BCUT2D eigenvalue weighted by molar-refractivity contribution is 7.11. The Hall–Kier alpha value is -2.54. The van der Waals surface area contributed by atoms with Gasteiger partial charge in [0, 0.05) is 23.0 Å². The monoisotopic (exact) mass is 400 g/mol. The zero-order valence-electron chi connectivity index (χ0n) is 16.9. The average Bonchev–Trinajstić information content (AvgIpc) is 3.34. The van der Waals surface area contributed by atoms with Crippen LogP contribution in [0.4, 0.5) is 0 Å². The van der Waals surface area contributed by atoms with E-state index in [1.54, 1.807) is 11.3 Å². The summed E-state index contributed by atoms with van der Waals surface area (Å²) in [5.41, 5.74) is 0.782. The highest BCUT2D eigenvalue weighted by atomic mass is 32.1. The SMILES string of the molecule is CCNC(=NCc1ncc(CC)s1)NC(C)c1cc2cccc(OCC)c2o1. The second-order valence-electron chi connectivity index (χ2n) is 6.39. The lowest BCUT2D eigenvalue weighted by Gasteiger charge is -2.15. The van der Waals surface area contributed by atoms with Crippen molar-refractivity contribution in [3.8, 4) is 5.75 Å². The van der Waals surface area contributed by atoms with Crippen LogP contribution >= 0.6 is 11.3 Å². The molecule has 3 rings (SSSR count). The van der Waals surface area contributed by atoms with Gasteiger partial charge in [-0.05, 0) is 39.3 Å². The normalized spacial score (nSPS) is 12.9. The van der Waals surface area contributed by atoms with Crippen LogP contribution in [0.2, 0.25) is 0 Å². The summed E-state index contributed by atoms with van der Waals surface area (Å²) in [6.45, 7) is 10.2. The van der Waals surface area contributed by atoms with Crippen LogP contribution in [0.5, 0.6) is 5.75 Å². The highest BCUT2D eigenvalue weighted by Gasteiger charge is 2.15. The molecule has 2 N–H and O–H groups in total. The van der Waals surface area contributed by atoms with Gasteiger partial charge in [-0.3, -0.25) is 0 Å². The van der Waals surface area contributed by atoms with E-state index in [1.165, 1.54) is 4.88 Å². The van der Waals surface area contributed by atoms with Crippen LogP contribution in [-0.2, 0) is 13.0 Å². The third-order valence-corrected chi connectivity index (χ3v) is 5.40. The summed E-state index contributed by atoms with van der Waals surface area (Å²) >= 11 is 1.71. The Morgan fingerprint density at radius 2 is 2.18 bits per heavy atom. The molecular formula is C21H28N4O2S. The number of furan rings is 1. The van der Waals surface area contributed by atoms with E-state index >= 15 is 0 Å². The van der Waals surface area contributed by atoms with Gasteiger partial charge in [0.25, 0.3) is 0 Å².